The molecule has 1 aliphatic rings. The maximum atomic E-state index is 12.4. The Balaban J connectivity index is 1.41. The van der Waals surface area contributed by atoms with Crippen LogP contribution >= 0.6 is 0 Å². The van der Waals surface area contributed by atoms with Crippen molar-refractivity contribution in [3.05, 3.63) is 66.1 Å². The minimum atomic E-state index is -0.400. The number of rotatable bonds is 5. The first-order chi connectivity index (χ1) is 13.6. The van der Waals surface area contributed by atoms with Gasteiger partial charge in [-0.1, -0.05) is 47.6 Å². The minimum Gasteiger partial charge on any atom is -0.406 e. The van der Waals surface area contributed by atoms with E-state index in [0.717, 1.165) is 16.0 Å². The van der Waals surface area contributed by atoms with Gasteiger partial charge in [0.1, 0.15) is 6.54 Å². The minimum absolute atomic E-state index is 0.0818. The average Bonchev–Trinajstić information content (AvgIpc) is 3.30. The molecule has 0 aliphatic carbocycles. The Kier molecular flexibility index (Phi) is 4.67. The van der Waals surface area contributed by atoms with Crippen molar-refractivity contribution in [1.82, 2.24) is 15.1 Å². The lowest BCUT2D eigenvalue weighted by Crippen LogP contribution is -2.28. The fourth-order valence-electron chi connectivity index (χ4n) is 2.92. The van der Waals surface area contributed by atoms with Crippen LogP contribution in [-0.4, -0.2) is 32.8 Å². The summed E-state index contributed by atoms with van der Waals surface area (Å²) in [5.41, 5.74) is 2.49. The molecule has 140 valence electrons. The van der Waals surface area contributed by atoms with E-state index in [2.05, 4.69) is 15.5 Å². The van der Waals surface area contributed by atoms with E-state index in [9.17, 15) is 14.4 Å². The highest BCUT2D eigenvalue weighted by Gasteiger charge is 2.30. The maximum absolute atomic E-state index is 12.4. The first-order valence-electron chi connectivity index (χ1n) is 8.72. The van der Waals surface area contributed by atoms with Crippen LogP contribution in [0.5, 0.6) is 0 Å². The second-order valence-corrected chi connectivity index (χ2v) is 6.27. The molecule has 0 unspecified atom stereocenters. The molecule has 8 heteroatoms. The number of nitrogens with one attached hydrogen (secondary N) is 1. The third-order valence-corrected chi connectivity index (χ3v) is 4.39. The van der Waals surface area contributed by atoms with E-state index in [-0.39, 0.29) is 43.1 Å². The highest BCUT2D eigenvalue weighted by molar-refractivity contribution is 6.03. The predicted octanol–water partition coefficient (Wildman–Crippen LogP) is 2.64. The monoisotopic (exact) mass is 376 g/mol. The quantitative estimate of drug-likeness (QED) is 0.686. The van der Waals surface area contributed by atoms with Gasteiger partial charge >= 0.3 is 6.01 Å². The SMILES string of the molecule is O=C(Nc1nnc(CN2C(=O)CCC2=O)o1)c1ccc(-c2ccccc2)cc1. The molecule has 1 fully saturated rings. The van der Waals surface area contributed by atoms with E-state index < -0.39 is 5.91 Å². The Morgan fingerprint density at radius 2 is 1.57 bits per heavy atom. The van der Waals surface area contributed by atoms with Crippen molar-refractivity contribution in [2.75, 3.05) is 5.32 Å². The van der Waals surface area contributed by atoms with Gasteiger partial charge in [-0.25, -0.2) is 0 Å². The molecule has 28 heavy (non-hydrogen) atoms. The Morgan fingerprint density at radius 3 is 2.25 bits per heavy atom. The molecular weight excluding hydrogens is 360 g/mol. The van der Waals surface area contributed by atoms with Gasteiger partial charge in [-0.2, -0.15) is 0 Å². The number of amides is 3. The van der Waals surface area contributed by atoms with Gasteiger partial charge in [-0.05, 0) is 23.3 Å². The third kappa shape index (κ3) is 3.66. The number of hydrogen-bond acceptors (Lipinski definition) is 6. The summed E-state index contributed by atoms with van der Waals surface area (Å²) < 4.78 is 5.33. The van der Waals surface area contributed by atoms with Gasteiger partial charge in [-0.15, -0.1) is 5.10 Å². The molecule has 0 atom stereocenters. The molecule has 0 spiro atoms. The molecule has 1 aromatic heterocycles. The van der Waals surface area contributed by atoms with E-state index in [0.29, 0.717) is 5.56 Å². The molecule has 2 heterocycles. The van der Waals surface area contributed by atoms with E-state index in [4.69, 9.17) is 4.42 Å². The highest BCUT2D eigenvalue weighted by Crippen LogP contribution is 2.20. The molecule has 0 bridgehead atoms. The maximum Gasteiger partial charge on any atom is 0.322 e. The molecule has 1 saturated heterocycles. The molecule has 3 aromatic rings. The third-order valence-electron chi connectivity index (χ3n) is 4.39. The molecule has 1 N–H and O–H groups in total. The molecule has 0 saturated carbocycles. The van der Waals surface area contributed by atoms with Crippen LogP contribution in [-0.2, 0) is 16.1 Å². The Bertz CT molecular complexity index is 1010. The lowest BCUT2D eigenvalue weighted by molar-refractivity contribution is -0.139. The zero-order valence-electron chi connectivity index (χ0n) is 14.8. The summed E-state index contributed by atoms with van der Waals surface area (Å²) >= 11 is 0. The Labute approximate surface area is 160 Å². The van der Waals surface area contributed by atoms with Crippen LogP contribution in [0.4, 0.5) is 6.01 Å². The van der Waals surface area contributed by atoms with Crippen LogP contribution in [0.3, 0.4) is 0 Å². The number of carbonyl (C=O) groups excluding carboxylic acids is 3. The first kappa shape index (κ1) is 17.6. The topological polar surface area (TPSA) is 105 Å². The molecule has 2 aromatic carbocycles. The van der Waals surface area contributed by atoms with Crippen molar-refractivity contribution < 1.29 is 18.8 Å². The number of nitrogens with zero attached hydrogens (tertiary/aromatic N) is 3. The van der Waals surface area contributed by atoms with Gasteiger partial charge in [0.05, 0.1) is 0 Å². The number of carbonyl (C=O) groups is 3. The Hall–Kier alpha value is -3.81. The van der Waals surface area contributed by atoms with Crippen molar-refractivity contribution in [2.45, 2.75) is 19.4 Å². The van der Waals surface area contributed by atoms with Gasteiger partial charge in [-0.3, -0.25) is 24.6 Å². The van der Waals surface area contributed by atoms with Crippen molar-refractivity contribution in [2.24, 2.45) is 0 Å². The average molecular weight is 376 g/mol. The number of hydrogen-bond donors (Lipinski definition) is 1. The summed E-state index contributed by atoms with van der Waals surface area (Å²) in [5, 5.41) is 10.0. The molecular formula is C20H16N4O4. The van der Waals surface area contributed by atoms with Crippen LogP contribution in [0.15, 0.2) is 59.0 Å². The number of imide groups is 1. The molecule has 3 amide bonds. The standard InChI is InChI=1S/C20H16N4O4/c25-17-10-11-18(26)24(17)12-16-22-23-20(28-16)21-19(27)15-8-6-14(7-9-15)13-4-2-1-3-5-13/h1-9H,10-12H2,(H,21,23,27). The second-order valence-electron chi connectivity index (χ2n) is 6.27. The van der Waals surface area contributed by atoms with Crippen molar-refractivity contribution in [3.63, 3.8) is 0 Å². The summed E-state index contributed by atoms with van der Waals surface area (Å²) in [5.74, 6) is -0.860. The molecule has 4 rings (SSSR count). The summed E-state index contributed by atoms with van der Waals surface area (Å²) in [6, 6.07) is 16.9. The number of benzene rings is 2. The molecule has 8 nitrogen and oxygen atoms in total. The van der Waals surface area contributed by atoms with Crippen molar-refractivity contribution in [1.29, 1.82) is 0 Å². The van der Waals surface area contributed by atoms with Crippen molar-refractivity contribution >= 4 is 23.7 Å². The van der Waals surface area contributed by atoms with Gasteiger partial charge in [0.15, 0.2) is 0 Å². The zero-order chi connectivity index (χ0) is 19.5. The number of aromatic nitrogens is 2. The molecule has 0 radical (unpaired) electrons. The smallest absolute Gasteiger partial charge is 0.322 e. The predicted molar refractivity (Wildman–Crippen MR) is 98.9 cm³/mol. The van der Waals surface area contributed by atoms with Crippen molar-refractivity contribution in [3.8, 4) is 11.1 Å². The van der Waals surface area contributed by atoms with Crippen LogP contribution in [0, 0.1) is 0 Å². The summed E-state index contributed by atoms with van der Waals surface area (Å²) in [7, 11) is 0. The summed E-state index contributed by atoms with van der Waals surface area (Å²) in [6.45, 7) is -0.0910. The van der Waals surface area contributed by atoms with E-state index in [1.165, 1.54) is 0 Å². The van der Waals surface area contributed by atoms with Gasteiger partial charge in [0.2, 0.25) is 17.7 Å². The number of likely N-dealkylation sites (tertiary alicyclic amines) is 1. The lowest BCUT2D eigenvalue weighted by atomic mass is 10.0. The number of anilines is 1. The van der Waals surface area contributed by atoms with E-state index in [1.807, 2.05) is 42.5 Å². The van der Waals surface area contributed by atoms with Crippen LogP contribution in [0.2, 0.25) is 0 Å². The van der Waals surface area contributed by atoms with Gasteiger partial charge in [0.25, 0.3) is 5.91 Å². The normalized spacial score (nSPS) is 13.8. The summed E-state index contributed by atoms with van der Waals surface area (Å²) in [4.78, 5) is 36.7. The Morgan fingerprint density at radius 1 is 0.929 bits per heavy atom. The highest BCUT2D eigenvalue weighted by atomic mass is 16.4. The fourth-order valence-corrected chi connectivity index (χ4v) is 2.92. The molecule has 1 aliphatic heterocycles. The first-order valence-corrected chi connectivity index (χ1v) is 8.72. The van der Waals surface area contributed by atoms with E-state index >= 15 is 0 Å². The lowest BCUT2D eigenvalue weighted by Gasteiger charge is -2.09. The van der Waals surface area contributed by atoms with Gasteiger partial charge < -0.3 is 4.42 Å². The van der Waals surface area contributed by atoms with Crippen LogP contribution in [0.1, 0.15) is 29.1 Å². The zero-order valence-corrected chi connectivity index (χ0v) is 14.8. The van der Waals surface area contributed by atoms with Crippen LogP contribution in [0.25, 0.3) is 11.1 Å². The van der Waals surface area contributed by atoms with Gasteiger partial charge in [0, 0.05) is 18.4 Å². The fraction of sp³-hybridized carbons (Fsp3) is 0.150. The van der Waals surface area contributed by atoms with Crippen LogP contribution < -0.4 is 5.32 Å². The second kappa shape index (κ2) is 7.43. The summed E-state index contributed by atoms with van der Waals surface area (Å²) in [6.07, 6.45) is 0.380. The largest absolute Gasteiger partial charge is 0.406 e. The van der Waals surface area contributed by atoms with E-state index in [1.54, 1.807) is 12.1 Å².